The lowest BCUT2D eigenvalue weighted by molar-refractivity contribution is 0.0998. The summed E-state index contributed by atoms with van der Waals surface area (Å²) in [6.07, 6.45) is 0. The van der Waals surface area contributed by atoms with Crippen LogP contribution in [0.4, 0.5) is 0 Å². The van der Waals surface area contributed by atoms with Crippen LogP contribution in [0.1, 0.15) is 15.9 Å². The molecule has 0 bridgehead atoms. The third kappa shape index (κ3) is 3.33. The molecule has 0 aliphatic rings. The van der Waals surface area contributed by atoms with Gasteiger partial charge in [-0.3, -0.25) is 4.79 Å². The number of hydrogen-bond acceptors (Lipinski definition) is 3. The number of rotatable bonds is 4. The summed E-state index contributed by atoms with van der Waals surface area (Å²) in [6, 6.07) is 12.0. The second-order valence-corrected chi connectivity index (χ2v) is 4.82. The quantitative estimate of drug-likeness (QED) is 0.909. The lowest BCUT2D eigenvalue weighted by Crippen LogP contribution is -2.12. The maximum absolute atomic E-state index is 11.4. The van der Waals surface area contributed by atoms with Crippen LogP contribution >= 0.6 is 15.9 Å². The van der Waals surface area contributed by atoms with E-state index < -0.39 is 5.91 Å². The molecule has 0 aliphatic heterocycles. The van der Waals surface area contributed by atoms with Crippen LogP contribution in [0.15, 0.2) is 46.9 Å². The molecule has 0 atom stereocenters. The van der Waals surface area contributed by atoms with E-state index in [-0.39, 0.29) is 6.61 Å². The molecule has 0 unspecified atom stereocenters. The highest BCUT2D eigenvalue weighted by atomic mass is 79.9. The van der Waals surface area contributed by atoms with Crippen LogP contribution in [0.2, 0.25) is 0 Å². The van der Waals surface area contributed by atoms with Crippen molar-refractivity contribution in [2.24, 2.45) is 5.73 Å². The molecule has 0 saturated heterocycles. The predicted molar refractivity (Wildman–Crippen MR) is 75.1 cm³/mol. The van der Waals surface area contributed by atoms with E-state index >= 15 is 0 Å². The number of carbonyl (C=O) groups is 1. The van der Waals surface area contributed by atoms with Gasteiger partial charge < -0.3 is 15.6 Å². The van der Waals surface area contributed by atoms with Gasteiger partial charge in [-0.2, -0.15) is 0 Å². The van der Waals surface area contributed by atoms with Gasteiger partial charge in [0.25, 0.3) is 5.91 Å². The van der Waals surface area contributed by atoms with Gasteiger partial charge in [0.15, 0.2) is 0 Å². The number of amides is 1. The normalized spacial score (nSPS) is 10.2. The predicted octanol–water partition coefficient (Wildman–Crippen LogP) is 2.83. The molecular weight excluding hydrogens is 310 g/mol. The summed E-state index contributed by atoms with van der Waals surface area (Å²) < 4.78 is 6.38. The molecule has 1 amide bonds. The van der Waals surface area contributed by atoms with Crippen molar-refractivity contribution in [2.75, 3.05) is 0 Å². The van der Waals surface area contributed by atoms with Crippen LogP contribution in [0.25, 0.3) is 0 Å². The molecule has 5 heteroatoms. The van der Waals surface area contributed by atoms with Crippen LogP contribution < -0.4 is 10.5 Å². The summed E-state index contributed by atoms with van der Waals surface area (Å²) in [4.78, 5) is 11.4. The summed E-state index contributed by atoms with van der Waals surface area (Å²) in [5.74, 6) is 0.415. The molecule has 2 aromatic rings. The minimum Gasteiger partial charge on any atom is -0.457 e. The number of benzene rings is 2. The number of aliphatic hydroxyl groups is 1. The highest BCUT2D eigenvalue weighted by Gasteiger charge is 2.10. The summed E-state index contributed by atoms with van der Waals surface area (Å²) in [6.45, 7) is -0.0227. The first-order valence-electron chi connectivity index (χ1n) is 5.57. The average Bonchev–Trinajstić information content (AvgIpc) is 2.41. The third-order valence-corrected chi connectivity index (χ3v) is 3.03. The molecule has 2 rings (SSSR count). The van der Waals surface area contributed by atoms with Gasteiger partial charge in [-0.15, -0.1) is 0 Å². The van der Waals surface area contributed by atoms with Crippen LogP contribution in [-0.2, 0) is 6.61 Å². The number of primary amides is 1. The Morgan fingerprint density at radius 3 is 2.47 bits per heavy atom. The van der Waals surface area contributed by atoms with Crippen LogP contribution in [-0.4, -0.2) is 11.0 Å². The Kier molecular flexibility index (Phi) is 4.19. The fourth-order valence-electron chi connectivity index (χ4n) is 1.57. The third-order valence-electron chi connectivity index (χ3n) is 2.54. The summed E-state index contributed by atoms with van der Waals surface area (Å²) in [7, 11) is 0. The van der Waals surface area contributed by atoms with Gasteiger partial charge in [-0.05, 0) is 35.9 Å². The average molecular weight is 322 g/mol. The molecule has 19 heavy (non-hydrogen) atoms. The Morgan fingerprint density at radius 2 is 1.89 bits per heavy atom. The Balaban J connectivity index is 2.29. The molecule has 0 heterocycles. The number of hydrogen-bond donors (Lipinski definition) is 2. The van der Waals surface area contributed by atoms with E-state index in [1.807, 2.05) is 0 Å². The lowest BCUT2D eigenvalue weighted by atomic mass is 10.2. The van der Waals surface area contributed by atoms with Crippen molar-refractivity contribution in [1.29, 1.82) is 0 Å². The molecular formula is C14H12BrNO3. The Bertz CT molecular complexity index is 596. The van der Waals surface area contributed by atoms with E-state index in [0.29, 0.717) is 17.1 Å². The highest BCUT2D eigenvalue weighted by Crippen LogP contribution is 2.28. The van der Waals surface area contributed by atoms with E-state index in [0.717, 1.165) is 10.0 Å². The van der Waals surface area contributed by atoms with E-state index in [1.54, 1.807) is 42.5 Å². The number of halogens is 1. The molecule has 2 aromatic carbocycles. The number of nitrogens with two attached hydrogens (primary N) is 1. The van der Waals surface area contributed by atoms with Crippen molar-refractivity contribution in [3.05, 3.63) is 58.1 Å². The van der Waals surface area contributed by atoms with E-state index in [1.165, 1.54) is 0 Å². The fraction of sp³-hybridized carbons (Fsp3) is 0.0714. The lowest BCUT2D eigenvalue weighted by Gasteiger charge is -2.10. The minimum atomic E-state index is -0.553. The zero-order valence-electron chi connectivity index (χ0n) is 9.97. The largest absolute Gasteiger partial charge is 0.457 e. The van der Waals surface area contributed by atoms with E-state index in [9.17, 15) is 4.79 Å². The van der Waals surface area contributed by atoms with Gasteiger partial charge in [0.2, 0.25) is 0 Å². The Morgan fingerprint density at radius 1 is 1.21 bits per heavy atom. The second-order valence-electron chi connectivity index (χ2n) is 3.91. The van der Waals surface area contributed by atoms with Crippen molar-refractivity contribution < 1.29 is 14.6 Å². The smallest absolute Gasteiger partial charge is 0.252 e. The molecule has 0 aliphatic carbocycles. The Labute approximate surface area is 118 Å². The first-order chi connectivity index (χ1) is 9.10. The first-order valence-corrected chi connectivity index (χ1v) is 6.36. The Hall–Kier alpha value is -1.85. The standard InChI is InChI=1S/C14H12BrNO3/c15-10-3-6-13(12(7-10)14(16)18)19-11-4-1-9(8-17)2-5-11/h1-7,17H,8H2,(H2,16,18). The van der Waals surface area contributed by atoms with Crippen LogP contribution in [0.3, 0.4) is 0 Å². The van der Waals surface area contributed by atoms with Crippen LogP contribution in [0.5, 0.6) is 11.5 Å². The minimum absolute atomic E-state index is 0.0227. The van der Waals surface area contributed by atoms with Crippen molar-refractivity contribution in [3.8, 4) is 11.5 Å². The zero-order valence-corrected chi connectivity index (χ0v) is 11.6. The topological polar surface area (TPSA) is 72.6 Å². The molecule has 4 nitrogen and oxygen atoms in total. The summed E-state index contributed by atoms with van der Waals surface area (Å²) in [5.41, 5.74) is 6.41. The van der Waals surface area contributed by atoms with Gasteiger partial charge in [-0.25, -0.2) is 0 Å². The molecule has 98 valence electrons. The van der Waals surface area contributed by atoms with Crippen molar-refractivity contribution in [1.82, 2.24) is 0 Å². The molecule has 0 spiro atoms. The molecule has 3 N–H and O–H groups in total. The summed E-state index contributed by atoms with van der Waals surface area (Å²) >= 11 is 3.28. The van der Waals surface area contributed by atoms with E-state index in [2.05, 4.69) is 15.9 Å². The maximum atomic E-state index is 11.4. The number of ether oxygens (including phenoxy) is 1. The SMILES string of the molecule is NC(=O)c1cc(Br)ccc1Oc1ccc(CO)cc1. The molecule has 0 radical (unpaired) electrons. The van der Waals surface area contributed by atoms with E-state index in [4.69, 9.17) is 15.6 Å². The maximum Gasteiger partial charge on any atom is 0.252 e. The van der Waals surface area contributed by atoms with Crippen molar-refractivity contribution in [2.45, 2.75) is 6.61 Å². The fourth-order valence-corrected chi connectivity index (χ4v) is 1.93. The molecule has 0 aromatic heterocycles. The van der Waals surface area contributed by atoms with Gasteiger partial charge in [0.05, 0.1) is 12.2 Å². The van der Waals surface area contributed by atoms with Gasteiger partial charge in [0, 0.05) is 4.47 Å². The highest BCUT2D eigenvalue weighted by molar-refractivity contribution is 9.10. The monoisotopic (exact) mass is 321 g/mol. The summed E-state index contributed by atoms with van der Waals surface area (Å²) in [5, 5.41) is 8.96. The van der Waals surface area contributed by atoms with Gasteiger partial charge >= 0.3 is 0 Å². The number of carbonyl (C=O) groups excluding carboxylic acids is 1. The molecule has 0 saturated carbocycles. The number of aliphatic hydroxyl groups excluding tert-OH is 1. The van der Waals surface area contributed by atoms with Crippen LogP contribution in [0, 0.1) is 0 Å². The zero-order chi connectivity index (χ0) is 13.8. The van der Waals surface area contributed by atoms with Crippen molar-refractivity contribution >= 4 is 21.8 Å². The molecule has 0 fully saturated rings. The van der Waals surface area contributed by atoms with Gasteiger partial charge in [-0.1, -0.05) is 28.1 Å². The first kappa shape index (κ1) is 13.6. The van der Waals surface area contributed by atoms with Gasteiger partial charge in [0.1, 0.15) is 11.5 Å². The van der Waals surface area contributed by atoms with Crippen molar-refractivity contribution in [3.63, 3.8) is 0 Å². The second kappa shape index (κ2) is 5.86.